The van der Waals surface area contributed by atoms with Crippen LogP contribution in [0.4, 0.5) is 8.78 Å². The lowest BCUT2D eigenvalue weighted by Crippen LogP contribution is -2.44. The van der Waals surface area contributed by atoms with E-state index < -0.39 is 13.0 Å². The Hall–Kier alpha value is -1.43. The molecule has 0 saturated heterocycles. The van der Waals surface area contributed by atoms with E-state index in [1.807, 2.05) is 0 Å². The Morgan fingerprint density at radius 3 is 2.94 bits per heavy atom. The van der Waals surface area contributed by atoms with Crippen molar-refractivity contribution < 1.29 is 13.6 Å². The number of amides is 1. The van der Waals surface area contributed by atoms with E-state index in [0.29, 0.717) is 0 Å². The minimum Gasteiger partial charge on any atom is -0.346 e. The monoisotopic (exact) mass is 257 g/mol. The van der Waals surface area contributed by atoms with Crippen LogP contribution in [0.15, 0.2) is 18.3 Å². The second-order valence-corrected chi connectivity index (χ2v) is 4.61. The maximum absolute atomic E-state index is 12.3. The van der Waals surface area contributed by atoms with Gasteiger partial charge >= 0.3 is 0 Å². The first-order chi connectivity index (χ1) is 8.58. The normalized spacial score (nSPS) is 23.6. The number of hydrogen-bond acceptors (Lipinski definition) is 2. The Kier molecular flexibility index (Phi) is 3.96. The van der Waals surface area contributed by atoms with Crippen LogP contribution in [-0.4, -0.2) is 29.0 Å². The maximum atomic E-state index is 12.3. The number of alkyl halides is 2. The smallest absolute Gasteiger partial charge is 0.268 e. The number of aromatic nitrogens is 1. The number of hydrogen-bond donors (Lipinski definition) is 2. The molecule has 0 radical (unpaired) electrons. The molecule has 2 unspecified atom stereocenters. The van der Waals surface area contributed by atoms with E-state index in [9.17, 15) is 13.6 Å². The quantitative estimate of drug-likeness (QED) is 0.855. The van der Waals surface area contributed by atoms with Crippen LogP contribution in [0.5, 0.6) is 0 Å². The topological polar surface area (TPSA) is 60.0 Å². The van der Waals surface area contributed by atoms with Crippen LogP contribution in [0.25, 0.3) is 0 Å². The Morgan fingerprint density at radius 1 is 1.56 bits per heavy atom. The highest BCUT2D eigenvalue weighted by Crippen LogP contribution is 2.17. The van der Waals surface area contributed by atoms with Gasteiger partial charge in [0.05, 0.1) is 6.54 Å². The molecular weight excluding hydrogens is 240 g/mol. The molecule has 100 valence electrons. The van der Waals surface area contributed by atoms with Gasteiger partial charge in [-0.1, -0.05) is 0 Å². The zero-order valence-electron chi connectivity index (χ0n) is 9.98. The van der Waals surface area contributed by atoms with Crippen LogP contribution < -0.4 is 11.1 Å². The number of nitrogens with one attached hydrogen (secondary N) is 1. The molecule has 1 fully saturated rings. The zero-order chi connectivity index (χ0) is 13.1. The van der Waals surface area contributed by atoms with Crippen LogP contribution in [0, 0.1) is 0 Å². The van der Waals surface area contributed by atoms with E-state index >= 15 is 0 Å². The Morgan fingerprint density at radius 2 is 2.33 bits per heavy atom. The second-order valence-electron chi connectivity index (χ2n) is 4.61. The van der Waals surface area contributed by atoms with E-state index in [1.165, 1.54) is 16.8 Å². The number of nitrogens with zero attached hydrogens (tertiary/aromatic N) is 1. The lowest BCUT2D eigenvalue weighted by atomic mass is 10.2. The summed E-state index contributed by atoms with van der Waals surface area (Å²) in [6.45, 7) is -0.466. The summed E-state index contributed by atoms with van der Waals surface area (Å²) >= 11 is 0. The number of carbonyl (C=O) groups excluding carboxylic acids is 1. The highest BCUT2D eigenvalue weighted by Gasteiger charge is 2.26. The van der Waals surface area contributed by atoms with Gasteiger partial charge in [-0.25, -0.2) is 8.78 Å². The van der Waals surface area contributed by atoms with Gasteiger partial charge < -0.3 is 15.6 Å². The standard InChI is InChI=1S/C12H17F2N3O/c13-11(14)7-17-6-2-5-10(17)12(18)16-9-4-1-3-8(9)15/h2,5-6,8-9,11H,1,3-4,7,15H2,(H,16,18). The van der Waals surface area contributed by atoms with E-state index in [4.69, 9.17) is 5.73 Å². The van der Waals surface area contributed by atoms with Crippen molar-refractivity contribution in [2.24, 2.45) is 5.73 Å². The average molecular weight is 257 g/mol. The summed E-state index contributed by atoms with van der Waals surface area (Å²) in [7, 11) is 0. The SMILES string of the molecule is NC1CCCC1NC(=O)c1cccn1CC(F)F. The molecule has 4 nitrogen and oxygen atoms in total. The fraction of sp³-hybridized carbons (Fsp3) is 0.583. The predicted octanol–water partition coefficient (Wildman–Crippen LogP) is 1.36. The largest absolute Gasteiger partial charge is 0.346 e. The fourth-order valence-electron chi connectivity index (χ4n) is 2.34. The highest BCUT2D eigenvalue weighted by atomic mass is 19.3. The Balaban J connectivity index is 2.02. The van der Waals surface area contributed by atoms with Crippen LogP contribution in [0.3, 0.4) is 0 Å². The van der Waals surface area contributed by atoms with E-state index in [1.54, 1.807) is 6.07 Å². The van der Waals surface area contributed by atoms with E-state index in [-0.39, 0.29) is 23.7 Å². The van der Waals surface area contributed by atoms with Crippen LogP contribution in [0.1, 0.15) is 29.8 Å². The number of nitrogens with two attached hydrogens (primary N) is 1. The van der Waals surface area contributed by atoms with Crippen molar-refractivity contribution in [3.63, 3.8) is 0 Å². The van der Waals surface area contributed by atoms with Crippen molar-refractivity contribution in [3.05, 3.63) is 24.0 Å². The first kappa shape index (κ1) is 13.0. The Bertz CT molecular complexity index is 419. The molecule has 1 aromatic rings. The molecule has 1 aliphatic carbocycles. The van der Waals surface area contributed by atoms with Crippen molar-refractivity contribution >= 4 is 5.91 Å². The maximum Gasteiger partial charge on any atom is 0.268 e. The van der Waals surface area contributed by atoms with Gasteiger partial charge in [0.1, 0.15) is 5.69 Å². The molecule has 18 heavy (non-hydrogen) atoms. The van der Waals surface area contributed by atoms with Gasteiger partial charge in [0.25, 0.3) is 12.3 Å². The van der Waals surface area contributed by atoms with Gasteiger partial charge in [0, 0.05) is 18.3 Å². The summed E-state index contributed by atoms with van der Waals surface area (Å²) in [5.41, 5.74) is 6.12. The van der Waals surface area contributed by atoms with Crippen molar-refractivity contribution in [1.82, 2.24) is 9.88 Å². The third-order valence-electron chi connectivity index (χ3n) is 3.28. The number of rotatable bonds is 4. The summed E-state index contributed by atoms with van der Waals surface area (Å²) in [5.74, 6) is -0.331. The molecule has 1 amide bonds. The molecule has 3 N–H and O–H groups in total. The van der Waals surface area contributed by atoms with E-state index in [0.717, 1.165) is 19.3 Å². The van der Waals surface area contributed by atoms with Gasteiger partial charge in [0.2, 0.25) is 0 Å². The number of carbonyl (C=O) groups is 1. The minimum absolute atomic E-state index is 0.0348. The predicted molar refractivity (Wildman–Crippen MR) is 63.5 cm³/mol. The van der Waals surface area contributed by atoms with Crippen molar-refractivity contribution in [1.29, 1.82) is 0 Å². The van der Waals surface area contributed by atoms with Crippen LogP contribution in [0.2, 0.25) is 0 Å². The molecule has 2 atom stereocenters. The molecule has 1 aliphatic rings. The molecule has 2 rings (SSSR count). The van der Waals surface area contributed by atoms with Gasteiger partial charge in [-0.15, -0.1) is 0 Å². The Labute approximate surface area is 104 Å². The molecule has 1 heterocycles. The average Bonchev–Trinajstić information content (AvgIpc) is 2.88. The molecule has 1 aromatic heterocycles. The molecular formula is C12H17F2N3O. The van der Waals surface area contributed by atoms with Crippen molar-refractivity contribution in [2.75, 3.05) is 0 Å². The molecule has 6 heteroatoms. The first-order valence-electron chi connectivity index (χ1n) is 6.07. The summed E-state index contributed by atoms with van der Waals surface area (Å²) < 4.78 is 25.9. The summed E-state index contributed by atoms with van der Waals surface area (Å²) in [5, 5.41) is 2.82. The van der Waals surface area contributed by atoms with Crippen LogP contribution in [-0.2, 0) is 6.54 Å². The van der Waals surface area contributed by atoms with Gasteiger partial charge in [-0.05, 0) is 31.4 Å². The highest BCUT2D eigenvalue weighted by molar-refractivity contribution is 5.93. The molecule has 0 aliphatic heterocycles. The van der Waals surface area contributed by atoms with Gasteiger partial charge in [-0.3, -0.25) is 4.79 Å². The third kappa shape index (κ3) is 2.87. The van der Waals surface area contributed by atoms with Gasteiger partial charge in [-0.2, -0.15) is 0 Å². The van der Waals surface area contributed by atoms with Crippen molar-refractivity contribution in [2.45, 2.75) is 44.3 Å². The molecule has 1 saturated carbocycles. The molecule has 0 bridgehead atoms. The van der Waals surface area contributed by atoms with Crippen LogP contribution >= 0.6 is 0 Å². The lowest BCUT2D eigenvalue weighted by Gasteiger charge is -2.18. The number of halogens is 2. The molecule has 0 spiro atoms. The van der Waals surface area contributed by atoms with Crippen molar-refractivity contribution in [3.8, 4) is 0 Å². The minimum atomic E-state index is -2.47. The summed E-state index contributed by atoms with van der Waals surface area (Å²) in [6, 6.07) is 3.05. The van der Waals surface area contributed by atoms with Gasteiger partial charge in [0.15, 0.2) is 0 Å². The second kappa shape index (κ2) is 5.48. The lowest BCUT2D eigenvalue weighted by molar-refractivity contribution is 0.0912. The third-order valence-corrected chi connectivity index (χ3v) is 3.28. The molecule has 0 aromatic carbocycles. The summed E-state index contributed by atoms with van der Waals surface area (Å²) in [6.07, 6.45) is 1.74. The summed E-state index contributed by atoms with van der Waals surface area (Å²) in [4.78, 5) is 12.0. The fourth-order valence-corrected chi connectivity index (χ4v) is 2.34. The zero-order valence-corrected chi connectivity index (χ0v) is 9.98. The van der Waals surface area contributed by atoms with E-state index in [2.05, 4.69) is 5.32 Å². The first-order valence-corrected chi connectivity index (χ1v) is 6.07.